The van der Waals surface area contributed by atoms with Gasteiger partial charge in [0.25, 0.3) is 5.91 Å². The van der Waals surface area contributed by atoms with E-state index < -0.39 is 0 Å². The topological polar surface area (TPSA) is 46.4 Å². The Bertz CT molecular complexity index is 1490. The number of carbonyl (C=O) groups excluding carboxylic acids is 1. The Kier molecular flexibility index (Phi) is 5.04. The number of hydrazone groups is 1. The summed E-state index contributed by atoms with van der Waals surface area (Å²) in [7, 11) is 0. The molecule has 0 fully saturated rings. The second kappa shape index (κ2) is 8.16. The van der Waals surface area contributed by atoms with Crippen molar-refractivity contribution in [3.63, 3.8) is 0 Å². The average Bonchev–Trinajstić information content (AvgIpc) is 3.11. The average molecular weight is 418 g/mol. The molecular formula is C28H23N3O. The van der Waals surface area contributed by atoms with Gasteiger partial charge in [-0.3, -0.25) is 4.79 Å². The predicted octanol–water partition coefficient (Wildman–Crippen LogP) is 6.16. The Morgan fingerprint density at radius 2 is 1.41 bits per heavy atom. The molecule has 4 aromatic carbocycles. The Balaban J connectivity index is 1.37. The number of amides is 1. The molecule has 1 N–H and O–H groups in total. The lowest BCUT2D eigenvalue weighted by Gasteiger charge is -2.11. The molecule has 4 nitrogen and oxygen atoms in total. The van der Waals surface area contributed by atoms with E-state index in [-0.39, 0.29) is 5.91 Å². The lowest BCUT2D eigenvalue weighted by molar-refractivity contribution is 0.0955. The summed E-state index contributed by atoms with van der Waals surface area (Å²) in [5.74, 6) is -0.227. The van der Waals surface area contributed by atoms with E-state index in [1.165, 1.54) is 10.8 Å². The third-order valence-corrected chi connectivity index (χ3v) is 5.84. The van der Waals surface area contributed by atoms with E-state index in [1.54, 1.807) is 6.21 Å². The molecule has 0 spiro atoms. The van der Waals surface area contributed by atoms with Crippen LogP contribution in [0.1, 0.15) is 27.3 Å². The number of nitrogens with zero attached hydrogens (tertiary/aromatic N) is 2. The van der Waals surface area contributed by atoms with Gasteiger partial charge in [-0.25, -0.2) is 5.43 Å². The Hall–Kier alpha value is -4.18. The van der Waals surface area contributed by atoms with Crippen molar-refractivity contribution in [2.24, 2.45) is 5.10 Å². The summed E-state index contributed by atoms with van der Waals surface area (Å²) in [5, 5.41) is 8.78. The van der Waals surface area contributed by atoms with Crippen molar-refractivity contribution in [1.29, 1.82) is 0 Å². The highest BCUT2D eigenvalue weighted by molar-refractivity contribution is 5.99. The number of aryl methyl sites for hydroxylation is 1. The maximum Gasteiger partial charge on any atom is 0.271 e. The van der Waals surface area contributed by atoms with Crippen molar-refractivity contribution >= 4 is 33.7 Å². The molecule has 0 radical (unpaired) electrons. The summed E-state index contributed by atoms with van der Waals surface area (Å²) in [6.07, 6.45) is 1.71. The van der Waals surface area contributed by atoms with Gasteiger partial charge in [0.1, 0.15) is 0 Å². The van der Waals surface area contributed by atoms with Crippen LogP contribution in [0.2, 0.25) is 0 Å². The number of fused-ring (bicyclic) bond motifs is 2. The molecule has 156 valence electrons. The minimum atomic E-state index is -0.227. The number of carbonyl (C=O) groups is 1. The zero-order chi connectivity index (χ0) is 22.1. The van der Waals surface area contributed by atoms with Crippen LogP contribution < -0.4 is 5.43 Å². The zero-order valence-electron chi connectivity index (χ0n) is 18.0. The molecule has 0 bridgehead atoms. The van der Waals surface area contributed by atoms with E-state index in [0.717, 1.165) is 33.4 Å². The van der Waals surface area contributed by atoms with Gasteiger partial charge in [0.15, 0.2) is 0 Å². The maximum atomic E-state index is 12.6. The van der Waals surface area contributed by atoms with Gasteiger partial charge in [0.2, 0.25) is 0 Å². The van der Waals surface area contributed by atoms with Crippen LogP contribution in [0.4, 0.5) is 0 Å². The van der Waals surface area contributed by atoms with E-state index in [4.69, 9.17) is 0 Å². The van der Waals surface area contributed by atoms with Gasteiger partial charge < -0.3 is 4.57 Å². The molecule has 1 aromatic heterocycles. The summed E-state index contributed by atoms with van der Waals surface area (Å²) in [4.78, 5) is 12.6. The van der Waals surface area contributed by atoms with Crippen molar-refractivity contribution < 1.29 is 4.79 Å². The molecule has 0 atom stereocenters. The first-order chi connectivity index (χ1) is 15.6. The van der Waals surface area contributed by atoms with Crippen LogP contribution >= 0.6 is 0 Å². The Morgan fingerprint density at radius 3 is 2.12 bits per heavy atom. The number of benzene rings is 4. The van der Waals surface area contributed by atoms with E-state index in [1.807, 2.05) is 42.5 Å². The fourth-order valence-electron chi connectivity index (χ4n) is 4.19. The monoisotopic (exact) mass is 417 g/mol. The van der Waals surface area contributed by atoms with E-state index in [2.05, 4.69) is 77.5 Å². The highest BCUT2D eigenvalue weighted by Crippen LogP contribution is 2.23. The second-order valence-electron chi connectivity index (χ2n) is 7.95. The van der Waals surface area contributed by atoms with Crippen LogP contribution in [-0.4, -0.2) is 16.7 Å². The Labute approximate surface area is 186 Å². The molecule has 32 heavy (non-hydrogen) atoms. The number of rotatable bonds is 4. The quantitative estimate of drug-likeness (QED) is 0.276. The lowest BCUT2D eigenvalue weighted by atomic mass is 10.1. The molecular weight excluding hydrogens is 394 g/mol. The van der Waals surface area contributed by atoms with E-state index in [0.29, 0.717) is 5.56 Å². The van der Waals surface area contributed by atoms with Gasteiger partial charge in [-0.2, -0.15) is 5.10 Å². The molecule has 0 unspecified atom stereocenters. The smallest absolute Gasteiger partial charge is 0.271 e. The molecule has 0 saturated carbocycles. The third-order valence-electron chi connectivity index (χ3n) is 5.84. The first-order valence-corrected chi connectivity index (χ1v) is 10.6. The first kappa shape index (κ1) is 19.8. The molecule has 1 heterocycles. The SMILES string of the molecule is Cc1cc(/C=N/NC(=O)c2ccc3ccccc3c2)c(C)n1-c1ccc2ccccc2c1. The summed E-state index contributed by atoms with van der Waals surface area (Å²) in [6.45, 7) is 4.14. The molecule has 0 aliphatic heterocycles. The molecule has 5 rings (SSSR count). The molecule has 0 aliphatic rings. The van der Waals surface area contributed by atoms with Crippen LogP contribution in [0, 0.1) is 13.8 Å². The van der Waals surface area contributed by atoms with Crippen LogP contribution in [0.3, 0.4) is 0 Å². The number of nitrogens with one attached hydrogen (secondary N) is 1. The highest BCUT2D eigenvalue weighted by Gasteiger charge is 2.10. The summed E-state index contributed by atoms with van der Waals surface area (Å²) < 4.78 is 2.21. The summed E-state index contributed by atoms with van der Waals surface area (Å²) in [6, 6.07) is 30.5. The van der Waals surface area contributed by atoms with Gasteiger partial charge >= 0.3 is 0 Å². The van der Waals surface area contributed by atoms with Gasteiger partial charge in [-0.1, -0.05) is 60.7 Å². The van der Waals surface area contributed by atoms with Crippen molar-refractivity contribution in [3.05, 3.63) is 114 Å². The van der Waals surface area contributed by atoms with Crippen molar-refractivity contribution in [1.82, 2.24) is 9.99 Å². The molecule has 0 aliphatic carbocycles. The largest absolute Gasteiger partial charge is 0.318 e. The fraction of sp³-hybridized carbons (Fsp3) is 0.0714. The second-order valence-corrected chi connectivity index (χ2v) is 7.95. The van der Waals surface area contributed by atoms with Gasteiger partial charge in [-0.15, -0.1) is 0 Å². The first-order valence-electron chi connectivity index (χ1n) is 10.6. The highest BCUT2D eigenvalue weighted by atomic mass is 16.2. The normalized spacial score (nSPS) is 11.4. The van der Waals surface area contributed by atoms with Gasteiger partial charge in [0, 0.05) is 28.2 Å². The molecule has 1 amide bonds. The number of hydrogen-bond donors (Lipinski definition) is 1. The minimum Gasteiger partial charge on any atom is -0.318 e. The van der Waals surface area contributed by atoms with Crippen LogP contribution in [0.25, 0.3) is 27.2 Å². The van der Waals surface area contributed by atoms with Gasteiger partial charge in [-0.05, 0) is 65.7 Å². The standard InChI is InChI=1S/C28H23N3O/c1-19-15-26(20(2)31(19)27-14-13-22-8-4-6-10-24(22)17-27)18-29-30-28(32)25-12-11-21-7-3-5-9-23(21)16-25/h3-18H,1-2H3,(H,30,32)/b29-18+. The van der Waals surface area contributed by atoms with Crippen molar-refractivity contribution in [2.45, 2.75) is 13.8 Å². The minimum absolute atomic E-state index is 0.227. The zero-order valence-corrected chi connectivity index (χ0v) is 18.0. The summed E-state index contributed by atoms with van der Waals surface area (Å²) >= 11 is 0. The molecule has 5 aromatic rings. The Morgan fingerprint density at radius 1 is 0.781 bits per heavy atom. The third kappa shape index (κ3) is 3.67. The number of aromatic nitrogens is 1. The lowest BCUT2D eigenvalue weighted by Crippen LogP contribution is -2.17. The fourth-order valence-corrected chi connectivity index (χ4v) is 4.19. The van der Waals surface area contributed by atoms with Crippen LogP contribution in [-0.2, 0) is 0 Å². The van der Waals surface area contributed by atoms with Crippen molar-refractivity contribution in [2.75, 3.05) is 0 Å². The summed E-state index contributed by atoms with van der Waals surface area (Å²) in [5.41, 5.74) is 7.50. The van der Waals surface area contributed by atoms with Crippen LogP contribution in [0.15, 0.2) is 96.1 Å². The predicted molar refractivity (Wildman–Crippen MR) is 132 cm³/mol. The number of hydrogen-bond acceptors (Lipinski definition) is 2. The van der Waals surface area contributed by atoms with Crippen molar-refractivity contribution in [3.8, 4) is 5.69 Å². The van der Waals surface area contributed by atoms with E-state index >= 15 is 0 Å². The molecule has 0 saturated heterocycles. The van der Waals surface area contributed by atoms with Gasteiger partial charge in [0.05, 0.1) is 6.21 Å². The van der Waals surface area contributed by atoms with Crippen LogP contribution in [0.5, 0.6) is 0 Å². The molecule has 4 heteroatoms. The van der Waals surface area contributed by atoms with E-state index in [9.17, 15) is 4.79 Å². The maximum absolute atomic E-state index is 12.6.